The molecule has 0 amide bonds. The number of hydrogen-bond acceptors (Lipinski definition) is 6. The fourth-order valence-electron chi connectivity index (χ4n) is 1.84. The lowest BCUT2D eigenvalue weighted by Gasteiger charge is -1.98. The molecule has 2 aromatic carbocycles. The van der Waals surface area contributed by atoms with E-state index in [0.717, 1.165) is 12.0 Å². The minimum Gasteiger partial charge on any atom is -0.508 e. The maximum Gasteiger partial charge on any atom is 0.307 e. The Kier molecular flexibility index (Phi) is 8.60. The summed E-state index contributed by atoms with van der Waals surface area (Å²) in [7, 11) is 0. The zero-order valence-electron chi connectivity index (χ0n) is 13.9. The standard InChI is InChI=1S/C14H12O3.C5H10O3/c15-12-5-3-10(4-6-12)1-2-11-7-13(16)9-14(17)8-11;1-2-3-5(7)8-4-6/h1-9,15-17H;6H,2-4H2,1H3. The molecule has 0 aliphatic heterocycles. The molecule has 0 saturated heterocycles. The maximum absolute atomic E-state index is 10.3. The van der Waals surface area contributed by atoms with Gasteiger partial charge in [0.1, 0.15) is 17.2 Å². The second-order valence-electron chi connectivity index (χ2n) is 5.10. The van der Waals surface area contributed by atoms with Crippen molar-refractivity contribution >= 4 is 18.1 Å². The second kappa shape index (κ2) is 10.7. The molecule has 134 valence electrons. The van der Waals surface area contributed by atoms with Crippen LogP contribution in [0.5, 0.6) is 17.2 Å². The lowest BCUT2D eigenvalue weighted by Crippen LogP contribution is -2.03. The first-order valence-corrected chi connectivity index (χ1v) is 7.71. The van der Waals surface area contributed by atoms with Crippen LogP contribution in [0.3, 0.4) is 0 Å². The molecule has 0 unspecified atom stereocenters. The first-order valence-electron chi connectivity index (χ1n) is 7.71. The Labute approximate surface area is 146 Å². The van der Waals surface area contributed by atoms with E-state index in [1.54, 1.807) is 42.5 Å². The lowest BCUT2D eigenvalue weighted by atomic mass is 10.1. The summed E-state index contributed by atoms with van der Waals surface area (Å²) in [4.78, 5) is 10.3. The summed E-state index contributed by atoms with van der Waals surface area (Å²) in [6.45, 7) is 1.37. The van der Waals surface area contributed by atoms with E-state index in [1.165, 1.54) is 6.07 Å². The highest BCUT2D eigenvalue weighted by atomic mass is 16.6. The highest BCUT2D eigenvalue weighted by molar-refractivity contribution is 5.71. The van der Waals surface area contributed by atoms with Crippen LogP contribution in [-0.4, -0.2) is 33.2 Å². The van der Waals surface area contributed by atoms with Gasteiger partial charge in [-0.2, -0.15) is 0 Å². The molecule has 0 spiro atoms. The van der Waals surface area contributed by atoms with Crippen molar-refractivity contribution in [1.82, 2.24) is 0 Å². The summed E-state index contributed by atoms with van der Waals surface area (Å²) in [6, 6.07) is 11.1. The lowest BCUT2D eigenvalue weighted by molar-refractivity contribution is -0.151. The van der Waals surface area contributed by atoms with Gasteiger partial charge in [0.15, 0.2) is 6.79 Å². The number of aromatic hydroxyl groups is 3. The SMILES string of the molecule is CCCC(=O)OCO.Oc1ccc(C=Cc2cc(O)cc(O)c2)cc1. The van der Waals surface area contributed by atoms with Gasteiger partial charge < -0.3 is 25.2 Å². The van der Waals surface area contributed by atoms with Crippen molar-refractivity contribution < 1.29 is 30.0 Å². The smallest absolute Gasteiger partial charge is 0.307 e. The van der Waals surface area contributed by atoms with Gasteiger partial charge in [-0.3, -0.25) is 4.79 Å². The number of aliphatic hydroxyl groups is 1. The van der Waals surface area contributed by atoms with Crippen LogP contribution in [0.1, 0.15) is 30.9 Å². The van der Waals surface area contributed by atoms with E-state index in [4.69, 9.17) is 10.2 Å². The summed E-state index contributed by atoms with van der Waals surface area (Å²) in [6.07, 6.45) is 4.75. The quantitative estimate of drug-likeness (QED) is 0.376. The average molecular weight is 346 g/mol. The number of carbonyl (C=O) groups excluding carboxylic acids is 1. The van der Waals surface area contributed by atoms with Crippen molar-refractivity contribution in [3.8, 4) is 17.2 Å². The highest BCUT2D eigenvalue weighted by Crippen LogP contribution is 2.22. The number of esters is 1. The zero-order chi connectivity index (χ0) is 18.7. The van der Waals surface area contributed by atoms with Crippen LogP contribution in [0.4, 0.5) is 0 Å². The fourth-order valence-corrected chi connectivity index (χ4v) is 1.84. The fraction of sp³-hybridized carbons (Fsp3) is 0.211. The summed E-state index contributed by atoms with van der Waals surface area (Å²) < 4.78 is 4.20. The summed E-state index contributed by atoms with van der Waals surface area (Å²) >= 11 is 0. The molecule has 0 heterocycles. The Morgan fingerprint density at radius 1 is 0.920 bits per heavy atom. The van der Waals surface area contributed by atoms with Crippen LogP contribution in [0.2, 0.25) is 0 Å². The van der Waals surface area contributed by atoms with Gasteiger partial charge in [0, 0.05) is 12.5 Å². The monoisotopic (exact) mass is 346 g/mol. The molecule has 0 aromatic heterocycles. The number of phenolic OH excluding ortho intramolecular Hbond substituents is 3. The first kappa shape index (κ1) is 20.1. The van der Waals surface area contributed by atoms with E-state index in [1.807, 2.05) is 13.0 Å². The summed E-state index contributed by atoms with van der Waals surface area (Å²) in [5.41, 5.74) is 1.63. The molecule has 0 atom stereocenters. The van der Waals surface area contributed by atoms with E-state index in [9.17, 15) is 15.0 Å². The molecular weight excluding hydrogens is 324 g/mol. The minimum absolute atomic E-state index is 0.0235. The van der Waals surface area contributed by atoms with Gasteiger partial charge in [-0.25, -0.2) is 0 Å². The van der Waals surface area contributed by atoms with Crippen LogP contribution in [0.25, 0.3) is 12.2 Å². The topological polar surface area (TPSA) is 107 Å². The van der Waals surface area contributed by atoms with Gasteiger partial charge in [0.25, 0.3) is 0 Å². The highest BCUT2D eigenvalue weighted by Gasteiger charge is 1.96. The number of carbonyl (C=O) groups is 1. The number of rotatable bonds is 5. The van der Waals surface area contributed by atoms with Crippen molar-refractivity contribution in [2.75, 3.05) is 6.79 Å². The van der Waals surface area contributed by atoms with Crippen LogP contribution < -0.4 is 0 Å². The summed E-state index contributed by atoms with van der Waals surface area (Å²) in [5, 5.41) is 35.7. The van der Waals surface area contributed by atoms with Crippen molar-refractivity contribution in [2.45, 2.75) is 19.8 Å². The molecule has 0 aliphatic carbocycles. The molecule has 2 aromatic rings. The van der Waals surface area contributed by atoms with E-state index >= 15 is 0 Å². The van der Waals surface area contributed by atoms with Crippen LogP contribution in [-0.2, 0) is 9.53 Å². The molecule has 6 heteroatoms. The molecule has 0 aliphatic rings. The van der Waals surface area contributed by atoms with Gasteiger partial charge in [-0.05, 0) is 41.8 Å². The first-order chi connectivity index (χ1) is 11.9. The Balaban J connectivity index is 0.000000333. The molecule has 25 heavy (non-hydrogen) atoms. The number of benzene rings is 2. The second-order valence-corrected chi connectivity index (χ2v) is 5.10. The third-order valence-electron chi connectivity index (χ3n) is 2.97. The van der Waals surface area contributed by atoms with Crippen molar-refractivity contribution in [1.29, 1.82) is 0 Å². The number of hydrogen-bond donors (Lipinski definition) is 4. The zero-order valence-corrected chi connectivity index (χ0v) is 13.9. The Hall–Kier alpha value is -2.99. The average Bonchev–Trinajstić information content (AvgIpc) is 2.55. The predicted octanol–water partition coefficient (Wildman–Crippen LogP) is 3.25. The van der Waals surface area contributed by atoms with Crippen LogP contribution in [0, 0.1) is 0 Å². The Morgan fingerprint density at radius 2 is 1.48 bits per heavy atom. The Morgan fingerprint density at radius 3 is 2.00 bits per heavy atom. The molecule has 0 radical (unpaired) electrons. The van der Waals surface area contributed by atoms with E-state index in [0.29, 0.717) is 12.0 Å². The van der Waals surface area contributed by atoms with E-state index in [-0.39, 0.29) is 23.2 Å². The van der Waals surface area contributed by atoms with Gasteiger partial charge in [-0.1, -0.05) is 31.2 Å². The predicted molar refractivity (Wildman–Crippen MR) is 94.9 cm³/mol. The largest absolute Gasteiger partial charge is 0.508 e. The van der Waals surface area contributed by atoms with E-state index in [2.05, 4.69) is 4.74 Å². The van der Waals surface area contributed by atoms with Gasteiger partial charge >= 0.3 is 5.97 Å². The maximum atomic E-state index is 10.3. The van der Waals surface area contributed by atoms with Crippen molar-refractivity contribution in [3.63, 3.8) is 0 Å². The van der Waals surface area contributed by atoms with Crippen molar-refractivity contribution in [3.05, 3.63) is 53.6 Å². The van der Waals surface area contributed by atoms with Gasteiger partial charge in [0.05, 0.1) is 0 Å². The number of phenols is 3. The van der Waals surface area contributed by atoms with Crippen LogP contribution in [0.15, 0.2) is 42.5 Å². The molecule has 0 fully saturated rings. The van der Waals surface area contributed by atoms with Crippen molar-refractivity contribution in [2.24, 2.45) is 0 Å². The number of ether oxygens (including phenoxy) is 1. The molecule has 0 bridgehead atoms. The number of aliphatic hydroxyl groups excluding tert-OH is 1. The molecule has 6 nitrogen and oxygen atoms in total. The summed E-state index contributed by atoms with van der Waals surface area (Å²) in [5.74, 6) is -0.0714. The normalized spacial score (nSPS) is 10.2. The molecular formula is C19H22O6. The van der Waals surface area contributed by atoms with Gasteiger partial charge in [0.2, 0.25) is 0 Å². The van der Waals surface area contributed by atoms with E-state index < -0.39 is 6.79 Å². The molecule has 0 saturated carbocycles. The van der Waals surface area contributed by atoms with Gasteiger partial charge in [-0.15, -0.1) is 0 Å². The third kappa shape index (κ3) is 8.43. The van der Waals surface area contributed by atoms with Crippen LogP contribution >= 0.6 is 0 Å². The third-order valence-corrected chi connectivity index (χ3v) is 2.97. The Bertz CT molecular complexity index is 663. The molecule has 4 N–H and O–H groups in total. The minimum atomic E-state index is -0.501. The molecule has 2 rings (SSSR count).